The molecule has 1 saturated carbocycles. The molecule has 0 unspecified atom stereocenters. The van der Waals surface area contributed by atoms with E-state index >= 15 is 0 Å². The van der Waals surface area contributed by atoms with E-state index in [1.807, 2.05) is 0 Å². The van der Waals surface area contributed by atoms with Crippen molar-refractivity contribution in [2.75, 3.05) is 19.6 Å². The van der Waals surface area contributed by atoms with Crippen molar-refractivity contribution in [2.24, 2.45) is 5.92 Å². The maximum atomic E-state index is 14.1. The Labute approximate surface area is 98.1 Å². The summed E-state index contributed by atoms with van der Waals surface area (Å²) in [5.74, 6) is -3.79. The average Bonchev–Trinajstić information content (AvgIpc) is 2.24. The van der Waals surface area contributed by atoms with Gasteiger partial charge in [0, 0.05) is 18.8 Å². The van der Waals surface area contributed by atoms with Gasteiger partial charge in [0.25, 0.3) is 0 Å². The van der Waals surface area contributed by atoms with Crippen LogP contribution in [-0.2, 0) is 4.79 Å². The van der Waals surface area contributed by atoms with Gasteiger partial charge in [0.05, 0.1) is 6.54 Å². The van der Waals surface area contributed by atoms with E-state index in [-0.39, 0.29) is 6.54 Å². The Morgan fingerprint density at radius 2 is 1.82 bits per heavy atom. The van der Waals surface area contributed by atoms with Crippen LogP contribution in [0.4, 0.5) is 13.2 Å². The quantitative estimate of drug-likeness (QED) is 0.791. The van der Waals surface area contributed by atoms with Crippen LogP contribution in [0.2, 0.25) is 0 Å². The summed E-state index contributed by atoms with van der Waals surface area (Å²) in [7, 11) is 0. The topological polar surface area (TPSA) is 41.1 Å². The predicted molar refractivity (Wildman–Crippen MR) is 56.6 cm³/mol. The van der Waals surface area contributed by atoms with Crippen molar-refractivity contribution in [3.8, 4) is 0 Å². The van der Waals surface area contributed by atoms with Gasteiger partial charge < -0.3 is 10.6 Å². The fourth-order valence-electron chi connectivity index (χ4n) is 2.29. The Bertz CT molecular complexity index is 295. The zero-order valence-electron chi connectivity index (χ0n) is 9.57. The lowest BCUT2D eigenvalue weighted by Gasteiger charge is -2.35. The maximum absolute atomic E-state index is 14.1. The van der Waals surface area contributed by atoms with E-state index in [0.717, 1.165) is 0 Å². The third kappa shape index (κ3) is 3.12. The molecular weight excluding hydrogens is 233 g/mol. The minimum absolute atomic E-state index is 0.0599. The second-order valence-corrected chi connectivity index (χ2v) is 5.08. The number of halogens is 3. The number of nitrogens with one attached hydrogen (secondary N) is 2. The van der Waals surface area contributed by atoms with Gasteiger partial charge >= 0.3 is 0 Å². The average molecular weight is 250 g/mol. The van der Waals surface area contributed by atoms with Gasteiger partial charge in [-0.3, -0.25) is 4.79 Å². The van der Waals surface area contributed by atoms with Gasteiger partial charge in [-0.2, -0.15) is 0 Å². The SMILES string of the molecule is O=C(NCC1(F)CCNCC1)C1CC(F)(F)C1. The molecule has 1 saturated heterocycles. The highest BCUT2D eigenvalue weighted by atomic mass is 19.3. The molecule has 1 amide bonds. The first kappa shape index (κ1) is 12.7. The van der Waals surface area contributed by atoms with E-state index in [1.54, 1.807) is 0 Å². The summed E-state index contributed by atoms with van der Waals surface area (Å²) in [5.41, 5.74) is -1.38. The highest BCUT2D eigenvalue weighted by Gasteiger charge is 2.49. The van der Waals surface area contributed by atoms with Crippen LogP contribution in [0.3, 0.4) is 0 Å². The number of carbonyl (C=O) groups is 1. The van der Waals surface area contributed by atoms with Crippen LogP contribution in [0.25, 0.3) is 0 Å². The minimum atomic E-state index is -2.70. The van der Waals surface area contributed by atoms with Crippen molar-refractivity contribution in [3.63, 3.8) is 0 Å². The van der Waals surface area contributed by atoms with E-state index in [9.17, 15) is 18.0 Å². The fraction of sp³-hybridized carbons (Fsp3) is 0.909. The number of piperidine rings is 1. The summed E-state index contributed by atoms with van der Waals surface area (Å²) in [6.45, 7) is 1.12. The third-order valence-corrected chi connectivity index (χ3v) is 3.54. The number of amides is 1. The molecule has 0 aromatic heterocycles. The monoisotopic (exact) mass is 250 g/mol. The molecule has 2 aliphatic rings. The normalized spacial score (nSPS) is 27.2. The van der Waals surface area contributed by atoms with Crippen molar-refractivity contribution < 1.29 is 18.0 Å². The summed E-state index contributed by atoms with van der Waals surface area (Å²) in [6, 6.07) is 0. The summed E-state index contributed by atoms with van der Waals surface area (Å²) in [6.07, 6.45) is -0.0957. The van der Waals surface area contributed by atoms with E-state index in [4.69, 9.17) is 0 Å². The number of hydrogen-bond donors (Lipinski definition) is 2. The Morgan fingerprint density at radius 3 is 2.35 bits per heavy atom. The second-order valence-electron chi connectivity index (χ2n) is 5.08. The molecule has 0 radical (unpaired) electrons. The first-order chi connectivity index (χ1) is 7.90. The van der Waals surface area contributed by atoms with Crippen LogP contribution in [0, 0.1) is 5.92 Å². The van der Waals surface area contributed by atoms with Gasteiger partial charge in [-0.1, -0.05) is 0 Å². The molecule has 0 aromatic carbocycles. The van der Waals surface area contributed by atoms with E-state index < -0.39 is 36.3 Å². The molecule has 0 atom stereocenters. The standard InChI is InChI=1S/C11H17F3N2O/c12-10(1-3-15-4-2-10)7-16-9(17)8-5-11(13,14)6-8/h8,15H,1-7H2,(H,16,17). The smallest absolute Gasteiger partial charge is 0.249 e. The molecule has 0 spiro atoms. The predicted octanol–water partition coefficient (Wildman–Crippen LogP) is 1.24. The number of carbonyl (C=O) groups excluding carboxylic acids is 1. The fourth-order valence-corrected chi connectivity index (χ4v) is 2.29. The van der Waals surface area contributed by atoms with Gasteiger partial charge in [0.2, 0.25) is 11.8 Å². The summed E-state index contributed by atoms with van der Waals surface area (Å²) in [5, 5.41) is 5.49. The highest BCUT2D eigenvalue weighted by molar-refractivity contribution is 5.79. The van der Waals surface area contributed by atoms with Crippen LogP contribution >= 0.6 is 0 Å². The van der Waals surface area contributed by atoms with Crippen molar-refractivity contribution in [3.05, 3.63) is 0 Å². The molecule has 2 fully saturated rings. The van der Waals surface area contributed by atoms with Crippen molar-refractivity contribution >= 4 is 5.91 Å². The summed E-state index contributed by atoms with van der Waals surface area (Å²) >= 11 is 0. The van der Waals surface area contributed by atoms with Gasteiger partial charge in [-0.25, -0.2) is 13.2 Å². The lowest BCUT2D eigenvalue weighted by molar-refractivity contribution is -0.150. The molecule has 1 heterocycles. The molecule has 0 aromatic rings. The molecule has 1 aliphatic heterocycles. The molecule has 2 rings (SSSR count). The van der Waals surface area contributed by atoms with Crippen molar-refractivity contribution in [1.82, 2.24) is 10.6 Å². The lowest BCUT2D eigenvalue weighted by atomic mass is 9.80. The Kier molecular flexibility index (Phi) is 3.34. The molecule has 2 N–H and O–H groups in total. The Morgan fingerprint density at radius 1 is 1.24 bits per heavy atom. The zero-order valence-corrected chi connectivity index (χ0v) is 9.57. The summed E-state index contributed by atoms with van der Waals surface area (Å²) in [4.78, 5) is 11.5. The van der Waals surface area contributed by atoms with Crippen LogP contribution in [-0.4, -0.2) is 37.1 Å². The summed E-state index contributed by atoms with van der Waals surface area (Å²) < 4.78 is 39.2. The minimum Gasteiger partial charge on any atom is -0.353 e. The third-order valence-electron chi connectivity index (χ3n) is 3.54. The van der Waals surface area contributed by atoms with Crippen LogP contribution in [0.1, 0.15) is 25.7 Å². The highest BCUT2D eigenvalue weighted by Crippen LogP contribution is 2.42. The van der Waals surface area contributed by atoms with Gasteiger partial charge in [-0.15, -0.1) is 0 Å². The first-order valence-corrected chi connectivity index (χ1v) is 5.95. The van der Waals surface area contributed by atoms with E-state index in [0.29, 0.717) is 25.9 Å². The molecule has 3 nitrogen and oxygen atoms in total. The number of hydrogen-bond acceptors (Lipinski definition) is 2. The number of alkyl halides is 3. The van der Waals surface area contributed by atoms with Crippen LogP contribution in [0.15, 0.2) is 0 Å². The Hall–Kier alpha value is -0.780. The molecule has 1 aliphatic carbocycles. The van der Waals surface area contributed by atoms with Gasteiger partial charge in [0.1, 0.15) is 5.67 Å². The lowest BCUT2D eigenvalue weighted by Crippen LogP contribution is -2.50. The van der Waals surface area contributed by atoms with Crippen molar-refractivity contribution in [2.45, 2.75) is 37.3 Å². The largest absolute Gasteiger partial charge is 0.353 e. The van der Waals surface area contributed by atoms with Crippen molar-refractivity contribution in [1.29, 1.82) is 0 Å². The molecule has 0 bridgehead atoms. The zero-order chi connectivity index (χ0) is 12.5. The molecular formula is C11H17F3N2O. The van der Waals surface area contributed by atoms with E-state index in [1.165, 1.54) is 0 Å². The van der Waals surface area contributed by atoms with Crippen LogP contribution < -0.4 is 10.6 Å². The van der Waals surface area contributed by atoms with Gasteiger partial charge in [0.15, 0.2) is 0 Å². The van der Waals surface area contributed by atoms with E-state index in [2.05, 4.69) is 10.6 Å². The van der Waals surface area contributed by atoms with Gasteiger partial charge in [-0.05, 0) is 25.9 Å². The maximum Gasteiger partial charge on any atom is 0.249 e. The first-order valence-electron chi connectivity index (χ1n) is 5.95. The molecule has 6 heteroatoms. The van der Waals surface area contributed by atoms with Crippen LogP contribution in [0.5, 0.6) is 0 Å². The second kappa shape index (κ2) is 4.48. The molecule has 98 valence electrons. The molecule has 17 heavy (non-hydrogen) atoms. The number of rotatable bonds is 3. The Balaban J connectivity index is 1.73.